The summed E-state index contributed by atoms with van der Waals surface area (Å²) in [6.45, 7) is 10.2. The third-order valence-corrected chi connectivity index (χ3v) is 2.80. The van der Waals surface area contributed by atoms with Crippen molar-refractivity contribution in [1.29, 1.82) is 0 Å². The summed E-state index contributed by atoms with van der Waals surface area (Å²) in [6.07, 6.45) is 2.35. The van der Waals surface area contributed by atoms with E-state index >= 15 is 0 Å². The molecule has 2 aromatic rings. The standard InChI is InChI=1S/C14H17N.2C2H6/c1-3-6-11-9-10-14(15-2)13-8-5-4-7-12(11)13;2*1-2/h4-5,7-10,15H,3,6H2,1-2H3;2*1-2H3. The third kappa shape index (κ3) is 4.59. The predicted octanol–water partition coefficient (Wildman–Crippen LogP) is 5.89. The van der Waals surface area contributed by atoms with Crippen LogP contribution in [0.3, 0.4) is 0 Å². The second kappa shape index (κ2) is 10.4. The molecule has 2 aromatic carbocycles. The number of fused-ring (bicyclic) bond motifs is 1. The molecular formula is C18H29N. The van der Waals surface area contributed by atoms with Gasteiger partial charge >= 0.3 is 0 Å². The molecule has 0 saturated carbocycles. The minimum absolute atomic E-state index is 1.16. The van der Waals surface area contributed by atoms with E-state index in [1.807, 2.05) is 34.7 Å². The molecule has 1 heteroatoms. The monoisotopic (exact) mass is 259 g/mol. The van der Waals surface area contributed by atoms with Crippen molar-refractivity contribution >= 4 is 16.5 Å². The largest absolute Gasteiger partial charge is 0.388 e. The molecular weight excluding hydrogens is 230 g/mol. The van der Waals surface area contributed by atoms with E-state index in [9.17, 15) is 0 Å². The van der Waals surface area contributed by atoms with E-state index in [0.29, 0.717) is 0 Å². The second-order valence-electron chi connectivity index (χ2n) is 3.82. The van der Waals surface area contributed by atoms with Crippen LogP contribution in [0.25, 0.3) is 10.8 Å². The van der Waals surface area contributed by atoms with Crippen LogP contribution < -0.4 is 5.32 Å². The molecule has 19 heavy (non-hydrogen) atoms. The summed E-state index contributed by atoms with van der Waals surface area (Å²) in [4.78, 5) is 0. The summed E-state index contributed by atoms with van der Waals surface area (Å²) in [7, 11) is 1.97. The van der Waals surface area contributed by atoms with Crippen molar-refractivity contribution in [2.24, 2.45) is 0 Å². The van der Waals surface area contributed by atoms with Gasteiger partial charge in [-0.3, -0.25) is 0 Å². The first-order valence-electron chi connectivity index (χ1n) is 7.55. The van der Waals surface area contributed by atoms with E-state index < -0.39 is 0 Å². The molecule has 0 bridgehead atoms. The number of nitrogens with one attached hydrogen (secondary N) is 1. The predicted molar refractivity (Wildman–Crippen MR) is 90.2 cm³/mol. The van der Waals surface area contributed by atoms with Gasteiger partial charge in [-0.1, -0.05) is 71.4 Å². The molecule has 0 aromatic heterocycles. The number of anilines is 1. The third-order valence-electron chi connectivity index (χ3n) is 2.80. The van der Waals surface area contributed by atoms with Crippen LogP contribution in [0.15, 0.2) is 36.4 Å². The fraction of sp³-hybridized carbons (Fsp3) is 0.444. The summed E-state index contributed by atoms with van der Waals surface area (Å²) >= 11 is 0. The molecule has 0 amide bonds. The van der Waals surface area contributed by atoms with Crippen LogP contribution in [0, 0.1) is 0 Å². The van der Waals surface area contributed by atoms with E-state index in [4.69, 9.17) is 0 Å². The summed E-state index contributed by atoms with van der Waals surface area (Å²) < 4.78 is 0. The van der Waals surface area contributed by atoms with Gasteiger partial charge in [0.25, 0.3) is 0 Å². The van der Waals surface area contributed by atoms with E-state index in [2.05, 4.69) is 48.6 Å². The van der Waals surface area contributed by atoms with Crippen molar-refractivity contribution in [2.75, 3.05) is 12.4 Å². The first-order valence-corrected chi connectivity index (χ1v) is 7.55. The first-order chi connectivity index (χ1) is 9.36. The van der Waals surface area contributed by atoms with Crippen LogP contribution in [-0.2, 0) is 6.42 Å². The zero-order valence-corrected chi connectivity index (χ0v) is 13.4. The highest BCUT2D eigenvalue weighted by molar-refractivity contribution is 5.96. The van der Waals surface area contributed by atoms with Gasteiger partial charge in [-0.25, -0.2) is 0 Å². The van der Waals surface area contributed by atoms with Gasteiger partial charge in [-0.2, -0.15) is 0 Å². The van der Waals surface area contributed by atoms with Gasteiger partial charge in [0.15, 0.2) is 0 Å². The molecule has 0 unspecified atom stereocenters. The van der Waals surface area contributed by atoms with Crippen LogP contribution in [0.5, 0.6) is 0 Å². The molecule has 0 heterocycles. The van der Waals surface area contributed by atoms with E-state index in [-0.39, 0.29) is 0 Å². The lowest BCUT2D eigenvalue weighted by Crippen LogP contribution is -1.92. The topological polar surface area (TPSA) is 12.0 Å². The minimum atomic E-state index is 1.16. The van der Waals surface area contributed by atoms with Crippen molar-refractivity contribution in [1.82, 2.24) is 0 Å². The molecule has 2 rings (SSSR count). The quantitative estimate of drug-likeness (QED) is 0.725. The first kappa shape index (κ1) is 17.5. The van der Waals surface area contributed by atoms with Gasteiger partial charge < -0.3 is 5.32 Å². The van der Waals surface area contributed by atoms with Gasteiger partial charge in [0.1, 0.15) is 0 Å². The number of aryl methyl sites for hydroxylation is 1. The lowest BCUT2D eigenvalue weighted by molar-refractivity contribution is 0.930. The van der Waals surface area contributed by atoms with Crippen molar-refractivity contribution in [2.45, 2.75) is 47.5 Å². The van der Waals surface area contributed by atoms with Crippen LogP contribution in [0.4, 0.5) is 5.69 Å². The Morgan fingerprint density at radius 3 is 1.95 bits per heavy atom. The van der Waals surface area contributed by atoms with Crippen LogP contribution in [0.2, 0.25) is 0 Å². The molecule has 0 atom stereocenters. The second-order valence-corrected chi connectivity index (χ2v) is 3.82. The summed E-state index contributed by atoms with van der Waals surface area (Å²) in [5.41, 5.74) is 2.66. The van der Waals surface area contributed by atoms with E-state index in [0.717, 1.165) is 6.42 Å². The molecule has 0 aliphatic rings. The maximum Gasteiger partial charge on any atom is 0.0417 e. The smallest absolute Gasteiger partial charge is 0.0417 e. The Hall–Kier alpha value is -1.50. The Kier molecular flexibility index (Phi) is 9.60. The Bertz CT molecular complexity index is 460. The molecule has 0 aliphatic heterocycles. The van der Waals surface area contributed by atoms with Crippen molar-refractivity contribution in [3.63, 3.8) is 0 Å². The zero-order valence-electron chi connectivity index (χ0n) is 13.4. The van der Waals surface area contributed by atoms with Gasteiger partial charge in [-0.15, -0.1) is 0 Å². The number of benzene rings is 2. The van der Waals surface area contributed by atoms with Crippen molar-refractivity contribution in [3.8, 4) is 0 Å². The van der Waals surface area contributed by atoms with E-state index in [1.165, 1.54) is 28.4 Å². The van der Waals surface area contributed by atoms with Gasteiger partial charge in [0, 0.05) is 18.1 Å². The molecule has 0 fully saturated rings. The summed E-state index contributed by atoms with van der Waals surface area (Å²) in [5, 5.41) is 5.94. The Balaban J connectivity index is 0.000000741. The van der Waals surface area contributed by atoms with Gasteiger partial charge in [0.2, 0.25) is 0 Å². The minimum Gasteiger partial charge on any atom is -0.388 e. The maximum atomic E-state index is 3.24. The lowest BCUT2D eigenvalue weighted by atomic mass is 10.00. The molecule has 0 radical (unpaired) electrons. The maximum absolute atomic E-state index is 3.24. The molecule has 106 valence electrons. The fourth-order valence-corrected chi connectivity index (χ4v) is 2.07. The Labute approximate surface area is 119 Å². The molecule has 0 spiro atoms. The van der Waals surface area contributed by atoms with Crippen LogP contribution in [0.1, 0.15) is 46.6 Å². The molecule has 1 N–H and O–H groups in total. The normalized spacial score (nSPS) is 8.95. The Morgan fingerprint density at radius 1 is 0.842 bits per heavy atom. The van der Waals surface area contributed by atoms with Crippen LogP contribution >= 0.6 is 0 Å². The molecule has 0 saturated heterocycles. The van der Waals surface area contributed by atoms with E-state index in [1.54, 1.807) is 0 Å². The van der Waals surface area contributed by atoms with Gasteiger partial charge in [-0.05, 0) is 23.4 Å². The average Bonchev–Trinajstić information content (AvgIpc) is 2.52. The Morgan fingerprint density at radius 2 is 1.42 bits per heavy atom. The SMILES string of the molecule is CC.CC.CCCc1ccc(NC)c2ccccc12. The lowest BCUT2D eigenvalue weighted by Gasteiger charge is -2.10. The molecule has 1 nitrogen and oxygen atoms in total. The average molecular weight is 259 g/mol. The highest BCUT2D eigenvalue weighted by atomic mass is 14.8. The zero-order chi connectivity index (χ0) is 14.7. The van der Waals surface area contributed by atoms with Crippen molar-refractivity contribution < 1.29 is 0 Å². The number of hydrogen-bond acceptors (Lipinski definition) is 1. The number of hydrogen-bond donors (Lipinski definition) is 1. The fourth-order valence-electron chi connectivity index (χ4n) is 2.07. The van der Waals surface area contributed by atoms with Crippen LogP contribution in [-0.4, -0.2) is 7.05 Å². The summed E-state index contributed by atoms with van der Waals surface area (Å²) in [6, 6.07) is 13.0. The van der Waals surface area contributed by atoms with Crippen molar-refractivity contribution in [3.05, 3.63) is 42.0 Å². The highest BCUT2D eigenvalue weighted by Crippen LogP contribution is 2.26. The highest BCUT2D eigenvalue weighted by Gasteiger charge is 2.03. The van der Waals surface area contributed by atoms with Gasteiger partial charge in [0.05, 0.1) is 0 Å². The molecule has 0 aliphatic carbocycles. The number of rotatable bonds is 3. The summed E-state index contributed by atoms with van der Waals surface area (Å²) in [5.74, 6) is 0.